The molecule has 1 heterocycles. The molecule has 0 saturated carbocycles. The van der Waals surface area contributed by atoms with Gasteiger partial charge in [0, 0.05) is 47.1 Å². The molecule has 0 bridgehead atoms. The van der Waals surface area contributed by atoms with E-state index in [1.165, 1.54) is 0 Å². The van der Waals surface area contributed by atoms with Crippen LogP contribution in [0.25, 0.3) is 0 Å². The smallest absolute Gasteiger partial charge is 0.245 e. The van der Waals surface area contributed by atoms with Crippen molar-refractivity contribution in [2.75, 3.05) is 61.2 Å². The zero-order valence-electron chi connectivity index (χ0n) is 33.7. The molecule has 1 aliphatic rings. The van der Waals surface area contributed by atoms with Gasteiger partial charge in [-0.2, -0.15) is 0 Å². The van der Waals surface area contributed by atoms with Gasteiger partial charge in [0.15, 0.2) is 0 Å². The number of ether oxygens (including phenoxy) is 2. The Kier molecular flexibility index (Phi) is 16.9. The number of nitrogens with two attached hydrogens (primary N) is 1. The Morgan fingerprint density at radius 2 is 1.67 bits per heavy atom. The normalized spacial score (nSPS) is 18.6. The number of nitrogen functional groups attached to an aromatic ring is 1. The van der Waals surface area contributed by atoms with Gasteiger partial charge in [0.1, 0.15) is 6.04 Å². The van der Waals surface area contributed by atoms with Crippen LogP contribution < -0.4 is 11.1 Å². The van der Waals surface area contributed by atoms with E-state index in [0.29, 0.717) is 25.2 Å². The maximum absolute atomic E-state index is 14.1. The molecule has 1 saturated heterocycles. The second-order valence-electron chi connectivity index (χ2n) is 15.5. The summed E-state index contributed by atoms with van der Waals surface area (Å²) in [4.78, 5) is 62.3. The Morgan fingerprint density at radius 1 is 1.02 bits per heavy atom. The van der Waals surface area contributed by atoms with E-state index in [1.54, 1.807) is 38.1 Å². The van der Waals surface area contributed by atoms with E-state index in [4.69, 9.17) is 15.2 Å². The van der Waals surface area contributed by atoms with Crippen molar-refractivity contribution in [2.24, 2.45) is 17.8 Å². The quantitative estimate of drug-likeness (QED) is 0.207. The molecule has 1 aromatic carbocycles. The van der Waals surface area contributed by atoms with E-state index < -0.39 is 35.7 Å². The molecular weight excluding hydrogens is 648 g/mol. The lowest BCUT2D eigenvalue weighted by Crippen LogP contribution is -2.61. The van der Waals surface area contributed by atoms with Crippen LogP contribution in [0.4, 0.5) is 5.69 Å². The van der Waals surface area contributed by atoms with E-state index in [1.807, 2.05) is 82.8 Å². The maximum Gasteiger partial charge on any atom is 0.245 e. The highest BCUT2D eigenvalue weighted by molar-refractivity contribution is 5.92. The lowest BCUT2D eigenvalue weighted by atomic mass is 9.89. The molecule has 6 unspecified atom stereocenters. The molecule has 1 aromatic rings. The van der Waals surface area contributed by atoms with Gasteiger partial charge in [0.2, 0.25) is 23.6 Å². The highest BCUT2D eigenvalue weighted by atomic mass is 16.5. The van der Waals surface area contributed by atoms with Gasteiger partial charge in [-0.1, -0.05) is 53.2 Å². The third kappa shape index (κ3) is 11.1. The first kappa shape index (κ1) is 43.9. The summed E-state index contributed by atoms with van der Waals surface area (Å²) < 4.78 is 12.0. The summed E-state index contributed by atoms with van der Waals surface area (Å²) >= 11 is 0. The van der Waals surface area contributed by atoms with Gasteiger partial charge in [-0.3, -0.25) is 24.1 Å². The molecule has 7 atom stereocenters. The minimum absolute atomic E-state index is 0.0000336. The number of nitrogens with one attached hydrogen (secondary N) is 1. The number of methoxy groups -OCH3 is 2. The Labute approximate surface area is 307 Å². The summed E-state index contributed by atoms with van der Waals surface area (Å²) in [6.45, 7) is 14.5. The van der Waals surface area contributed by atoms with Gasteiger partial charge in [0.25, 0.3) is 0 Å². The average molecular weight is 717 g/mol. The Hall–Kier alpha value is -3.22. The number of benzene rings is 1. The number of anilines is 1. The summed E-state index contributed by atoms with van der Waals surface area (Å²) in [7, 11) is 10.4. The predicted molar refractivity (Wildman–Crippen MR) is 203 cm³/mol. The zero-order valence-corrected chi connectivity index (χ0v) is 33.7. The lowest BCUT2D eigenvalue weighted by molar-refractivity contribution is -0.149. The summed E-state index contributed by atoms with van der Waals surface area (Å²) in [6.07, 6.45) is 1.93. The number of carbonyl (C=O) groups excluding carboxylic acids is 4. The van der Waals surface area contributed by atoms with E-state index in [9.17, 15) is 19.2 Å². The van der Waals surface area contributed by atoms with Crippen LogP contribution in [0.1, 0.15) is 79.7 Å². The molecule has 0 aliphatic carbocycles. The van der Waals surface area contributed by atoms with Gasteiger partial charge in [0.05, 0.1) is 42.2 Å². The summed E-state index contributed by atoms with van der Waals surface area (Å²) in [5.41, 5.74) is 6.87. The minimum Gasteiger partial charge on any atom is -0.399 e. The van der Waals surface area contributed by atoms with Crippen LogP contribution in [0, 0.1) is 17.8 Å². The summed E-state index contributed by atoms with van der Waals surface area (Å²) in [5, 5.41) is 3.01. The maximum atomic E-state index is 14.1. The van der Waals surface area contributed by atoms with Crippen molar-refractivity contribution in [1.29, 1.82) is 0 Å². The molecule has 1 fully saturated rings. The van der Waals surface area contributed by atoms with Crippen LogP contribution >= 0.6 is 0 Å². The number of hydrogen-bond acceptors (Lipinski definition) is 8. The van der Waals surface area contributed by atoms with Crippen molar-refractivity contribution >= 4 is 29.3 Å². The fraction of sp³-hybridized carbons (Fsp3) is 0.744. The van der Waals surface area contributed by atoms with Gasteiger partial charge in [-0.15, -0.1) is 0 Å². The van der Waals surface area contributed by atoms with E-state index in [0.717, 1.165) is 24.8 Å². The van der Waals surface area contributed by atoms with E-state index in [-0.39, 0.29) is 47.9 Å². The number of hydrogen-bond donors (Lipinski definition) is 2. The van der Waals surface area contributed by atoms with Gasteiger partial charge in [-0.25, -0.2) is 0 Å². The van der Waals surface area contributed by atoms with E-state index in [2.05, 4.69) is 19.2 Å². The van der Waals surface area contributed by atoms with Crippen LogP contribution in [0.2, 0.25) is 0 Å². The van der Waals surface area contributed by atoms with Crippen LogP contribution in [-0.2, 0) is 35.1 Å². The molecule has 1 aliphatic heterocycles. The number of nitrogens with zero attached hydrogens (tertiary/aromatic N) is 4. The highest BCUT2D eigenvalue weighted by Crippen LogP contribution is 2.30. The number of rotatable bonds is 19. The number of amides is 4. The molecule has 12 nitrogen and oxygen atoms in total. The first-order valence-corrected chi connectivity index (χ1v) is 18.5. The third-order valence-corrected chi connectivity index (χ3v) is 11.2. The van der Waals surface area contributed by atoms with Crippen LogP contribution in [0.5, 0.6) is 0 Å². The minimum atomic E-state index is -0.815. The largest absolute Gasteiger partial charge is 0.399 e. The first-order chi connectivity index (χ1) is 23.8. The van der Waals surface area contributed by atoms with Crippen molar-refractivity contribution in [3.63, 3.8) is 0 Å². The van der Waals surface area contributed by atoms with Crippen molar-refractivity contribution in [1.82, 2.24) is 24.9 Å². The average Bonchev–Trinajstić information content (AvgIpc) is 3.57. The van der Waals surface area contributed by atoms with Crippen molar-refractivity contribution in [2.45, 2.75) is 116 Å². The fourth-order valence-electron chi connectivity index (χ4n) is 7.05. The van der Waals surface area contributed by atoms with Crippen molar-refractivity contribution in [3.8, 4) is 0 Å². The van der Waals surface area contributed by atoms with Gasteiger partial charge in [-0.05, 0) is 76.7 Å². The fourth-order valence-corrected chi connectivity index (χ4v) is 7.05. The monoisotopic (exact) mass is 717 g/mol. The summed E-state index contributed by atoms with van der Waals surface area (Å²) in [6, 6.07) is 6.21. The van der Waals surface area contributed by atoms with Crippen LogP contribution in [-0.4, -0.2) is 135 Å². The predicted octanol–water partition coefficient (Wildman–Crippen LogP) is 3.67. The third-order valence-electron chi connectivity index (χ3n) is 11.2. The molecular formula is C39H68N6O6. The Balaban J connectivity index is 2.24. The Morgan fingerprint density at radius 3 is 2.20 bits per heavy atom. The Bertz CT molecular complexity index is 1300. The summed E-state index contributed by atoms with van der Waals surface area (Å²) in [5.74, 6) is -1.25. The van der Waals surface area contributed by atoms with Crippen molar-refractivity contribution in [3.05, 3.63) is 29.8 Å². The number of likely N-dealkylation sites (N-methyl/N-ethyl adjacent to an activating group) is 3. The molecule has 0 radical (unpaired) electrons. The van der Waals surface area contributed by atoms with E-state index >= 15 is 0 Å². The second-order valence-corrected chi connectivity index (χ2v) is 15.5. The number of carbonyl (C=O) groups is 4. The topological polar surface area (TPSA) is 138 Å². The molecule has 3 N–H and O–H groups in total. The molecule has 4 amide bonds. The van der Waals surface area contributed by atoms with Crippen LogP contribution in [0.3, 0.4) is 0 Å². The van der Waals surface area contributed by atoms with Crippen LogP contribution in [0.15, 0.2) is 24.3 Å². The molecule has 12 heteroatoms. The molecule has 0 spiro atoms. The molecule has 0 aromatic heterocycles. The molecule has 2 rings (SSSR count). The molecule has 290 valence electrons. The molecule has 51 heavy (non-hydrogen) atoms. The lowest BCUT2D eigenvalue weighted by Gasteiger charge is -2.41. The van der Waals surface area contributed by atoms with Gasteiger partial charge < -0.3 is 35.2 Å². The highest BCUT2D eigenvalue weighted by Gasteiger charge is 2.43. The van der Waals surface area contributed by atoms with Crippen molar-refractivity contribution < 1.29 is 28.7 Å². The zero-order chi connectivity index (χ0) is 38.8. The SMILES string of the molecule is CCC(C)C(C(CC(=O)N1CCC[C@H]1C(OC)C(C)C(=O)N(C)CCc1cccc(N)c1)OC)N(C)C(=O)C(NC(=O)C(C)(C)N(C)C)C(C)C. The standard InChI is InChI=1S/C39H68N6O6/c1-14-26(4)34(44(11)37(48)33(25(2)3)41-38(49)39(6,7)42(8)9)31(50-12)24-32(46)45-21-16-19-30(45)35(51-13)27(5)36(47)43(10)22-20-28-17-15-18-29(40)23-28/h15,17-18,23,25-27,30-31,33-35H,14,16,19-22,24,40H2,1-13H3,(H,41,49)/t26?,27?,30-,31?,33?,34?,35?/m0/s1. The first-order valence-electron chi connectivity index (χ1n) is 18.5. The second kappa shape index (κ2) is 19.6. The van der Waals surface area contributed by atoms with Gasteiger partial charge >= 0.3 is 0 Å². The number of likely N-dealkylation sites (tertiary alicyclic amines) is 1.